The maximum atomic E-state index is 10.1. The highest BCUT2D eigenvalue weighted by molar-refractivity contribution is 7.74. The van der Waals surface area contributed by atoms with E-state index in [0.29, 0.717) is 13.0 Å². The van der Waals surface area contributed by atoms with Crippen molar-refractivity contribution < 1.29 is 17.7 Å². The van der Waals surface area contributed by atoms with Crippen molar-refractivity contribution in [3.8, 4) is 5.75 Å². The second-order valence-corrected chi connectivity index (χ2v) is 3.22. The number of para-hydroxylation sites is 1. The Kier molecular flexibility index (Phi) is 5.21. The van der Waals surface area contributed by atoms with Crippen LogP contribution in [0.5, 0.6) is 5.75 Å². The minimum Gasteiger partial charge on any atom is -0.494 e. The Labute approximate surface area is 85.3 Å². The topological polar surface area (TPSA) is 55.8 Å². The SMILES string of the molecule is O=S(O)OCCCOc1ccccc1. The van der Waals surface area contributed by atoms with E-state index < -0.39 is 11.4 Å². The maximum absolute atomic E-state index is 10.1. The fourth-order valence-electron chi connectivity index (χ4n) is 0.896. The summed E-state index contributed by atoms with van der Waals surface area (Å²) < 4.78 is 28.1. The molecule has 0 amide bonds. The van der Waals surface area contributed by atoms with Gasteiger partial charge in [0.25, 0.3) is 0 Å². The van der Waals surface area contributed by atoms with Gasteiger partial charge in [0, 0.05) is 6.42 Å². The molecular formula is C9H12O4S. The van der Waals surface area contributed by atoms with Gasteiger partial charge in [0.05, 0.1) is 13.2 Å². The maximum Gasteiger partial charge on any atom is 0.301 e. The summed E-state index contributed by atoms with van der Waals surface area (Å²) in [5.74, 6) is 0.789. The molecule has 14 heavy (non-hydrogen) atoms. The lowest BCUT2D eigenvalue weighted by Gasteiger charge is -2.04. The molecule has 0 aliphatic rings. The molecule has 1 unspecified atom stereocenters. The number of benzene rings is 1. The second kappa shape index (κ2) is 6.53. The molecule has 0 bridgehead atoms. The van der Waals surface area contributed by atoms with Crippen molar-refractivity contribution in [2.45, 2.75) is 6.42 Å². The van der Waals surface area contributed by atoms with Gasteiger partial charge in [0.1, 0.15) is 5.75 Å². The first-order chi connectivity index (χ1) is 6.79. The van der Waals surface area contributed by atoms with Crippen LogP contribution in [0, 0.1) is 0 Å². The van der Waals surface area contributed by atoms with Crippen LogP contribution in [0.4, 0.5) is 0 Å². The Hall–Kier alpha value is -0.910. The van der Waals surface area contributed by atoms with E-state index in [1.807, 2.05) is 30.3 Å². The summed E-state index contributed by atoms with van der Waals surface area (Å²) in [6.07, 6.45) is 0.585. The van der Waals surface area contributed by atoms with E-state index in [9.17, 15) is 4.21 Å². The average molecular weight is 216 g/mol. The van der Waals surface area contributed by atoms with Gasteiger partial charge in [-0.2, -0.15) is 4.21 Å². The number of rotatable bonds is 6. The van der Waals surface area contributed by atoms with Gasteiger partial charge >= 0.3 is 11.4 Å². The first-order valence-electron chi connectivity index (χ1n) is 4.21. The highest BCUT2D eigenvalue weighted by Crippen LogP contribution is 2.08. The molecule has 0 aromatic heterocycles. The lowest BCUT2D eigenvalue weighted by atomic mass is 10.3. The minimum absolute atomic E-state index is 0.218. The number of hydrogen-bond acceptors (Lipinski definition) is 3. The monoisotopic (exact) mass is 216 g/mol. The van der Waals surface area contributed by atoms with Crippen LogP contribution in [0.25, 0.3) is 0 Å². The largest absolute Gasteiger partial charge is 0.494 e. The summed E-state index contributed by atoms with van der Waals surface area (Å²) in [5, 5.41) is 0. The van der Waals surface area contributed by atoms with E-state index in [-0.39, 0.29) is 6.61 Å². The highest BCUT2D eigenvalue weighted by atomic mass is 32.2. The standard InChI is InChI=1S/C9H12O4S/c10-14(11)13-8-4-7-12-9-5-2-1-3-6-9/h1-3,5-6H,4,7-8H2,(H,10,11). The van der Waals surface area contributed by atoms with Crippen LogP contribution in [0.15, 0.2) is 30.3 Å². The van der Waals surface area contributed by atoms with Crippen LogP contribution in [-0.4, -0.2) is 22.0 Å². The third kappa shape index (κ3) is 4.96. The van der Waals surface area contributed by atoms with Crippen LogP contribution in [-0.2, 0) is 15.5 Å². The van der Waals surface area contributed by atoms with Gasteiger partial charge < -0.3 is 4.74 Å². The Balaban J connectivity index is 2.08. The molecule has 78 valence electrons. The first-order valence-corrected chi connectivity index (χ1v) is 5.24. The Morgan fingerprint density at radius 3 is 2.57 bits per heavy atom. The van der Waals surface area contributed by atoms with Crippen LogP contribution >= 0.6 is 0 Å². The molecule has 5 heteroatoms. The molecule has 1 atom stereocenters. The van der Waals surface area contributed by atoms with E-state index in [1.54, 1.807) is 0 Å². The molecule has 0 aliphatic carbocycles. The molecule has 0 aliphatic heterocycles. The summed E-state index contributed by atoms with van der Waals surface area (Å²) >= 11 is -2.17. The molecular weight excluding hydrogens is 204 g/mol. The van der Waals surface area contributed by atoms with E-state index in [2.05, 4.69) is 4.18 Å². The molecule has 0 saturated carbocycles. The van der Waals surface area contributed by atoms with Crippen LogP contribution in [0.3, 0.4) is 0 Å². The van der Waals surface area contributed by atoms with Gasteiger partial charge in [-0.15, -0.1) is 0 Å². The Morgan fingerprint density at radius 1 is 1.21 bits per heavy atom. The molecule has 0 spiro atoms. The van der Waals surface area contributed by atoms with Gasteiger partial charge in [0.15, 0.2) is 0 Å². The van der Waals surface area contributed by atoms with E-state index in [1.165, 1.54) is 0 Å². The van der Waals surface area contributed by atoms with Gasteiger partial charge in [-0.1, -0.05) is 18.2 Å². The molecule has 1 rings (SSSR count). The third-order valence-electron chi connectivity index (χ3n) is 1.48. The zero-order valence-corrected chi connectivity index (χ0v) is 8.40. The fraction of sp³-hybridized carbons (Fsp3) is 0.333. The van der Waals surface area contributed by atoms with E-state index >= 15 is 0 Å². The van der Waals surface area contributed by atoms with Crippen molar-refractivity contribution in [3.05, 3.63) is 30.3 Å². The van der Waals surface area contributed by atoms with E-state index in [4.69, 9.17) is 9.29 Å². The predicted molar refractivity (Wildman–Crippen MR) is 53.3 cm³/mol. The van der Waals surface area contributed by atoms with Crippen molar-refractivity contribution in [1.82, 2.24) is 0 Å². The molecule has 1 aromatic rings. The van der Waals surface area contributed by atoms with Crippen molar-refractivity contribution in [2.24, 2.45) is 0 Å². The minimum atomic E-state index is -2.17. The molecule has 0 radical (unpaired) electrons. The van der Waals surface area contributed by atoms with Crippen LogP contribution < -0.4 is 4.74 Å². The van der Waals surface area contributed by atoms with Gasteiger partial charge in [-0.3, -0.25) is 8.74 Å². The zero-order chi connectivity index (χ0) is 10.2. The molecule has 0 saturated heterocycles. The second-order valence-electron chi connectivity index (χ2n) is 2.55. The van der Waals surface area contributed by atoms with Crippen LogP contribution in [0.2, 0.25) is 0 Å². The van der Waals surface area contributed by atoms with Crippen molar-refractivity contribution in [2.75, 3.05) is 13.2 Å². The molecule has 4 nitrogen and oxygen atoms in total. The number of hydrogen-bond donors (Lipinski definition) is 1. The van der Waals surface area contributed by atoms with Gasteiger partial charge in [-0.05, 0) is 12.1 Å². The van der Waals surface area contributed by atoms with Crippen molar-refractivity contribution in [1.29, 1.82) is 0 Å². The Bertz CT molecular complexity index is 275. The highest BCUT2D eigenvalue weighted by Gasteiger charge is 1.94. The molecule has 1 N–H and O–H groups in total. The van der Waals surface area contributed by atoms with Crippen molar-refractivity contribution >= 4 is 11.4 Å². The zero-order valence-electron chi connectivity index (χ0n) is 7.59. The first kappa shape index (κ1) is 11.2. The average Bonchev–Trinajstić information content (AvgIpc) is 2.18. The van der Waals surface area contributed by atoms with Crippen molar-refractivity contribution in [3.63, 3.8) is 0 Å². The lowest BCUT2D eigenvalue weighted by molar-refractivity contribution is 0.247. The summed E-state index contributed by atoms with van der Waals surface area (Å²) in [6, 6.07) is 9.38. The van der Waals surface area contributed by atoms with E-state index in [0.717, 1.165) is 5.75 Å². The number of ether oxygens (including phenoxy) is 1. The molecule has 0 heterocycles. The summed E-state index contributed by atoms with van der Waals surface area (Å²) in [6.45, 7) is 0.692. The summed E-state index contributed by atoms with van der Waals surface area (Å²) in [5.41, 5.74) is 0. The molecule has 1 aromatic carbocycles. The van der Waals surface area contributed by atoms with Crippen LogP contribution in [0.1, 0.15) is 6.42 Å². The van der Waals surface area contributed by atoms with Gasteiger partial charge in [-0.25, -0.2) is 0 Å². The quantitative estimate of drug-likeness (QED) is 0.579. The normalized spacial score (nSPS) is 12.4. The molecule has 0 fully saturated rings. The Morgan fingerprint density at radius 2 is 1.93 bits per heavy atom. The third-order valence-corrected chi connectivity index (χ3v) is 1.85. The smallest absolute Gasteiger partial charge is 0.301 e. The predicted octanol–water partition coefficient (Wildman–Crippen LogP) is 1.61. The lowest BCUT2D eigenvalue weighted by Crippen LogP contribution is -2.04. The summed E-state index contributed by atoms with van der Waals surface area (Å²) in [4.78, 5) is 0. The fourth-order valence-corrected chi connectivity index (χ4v) is 1.16. The summed E-state index contributed by atoms with van der Waals surface area (Å²) in [7, 11) is 0. The van der Waals surface area contributed by atoms with Gasteiger partial charge in [0.2, 0.25) is 0 Å².